The summed E-state index contributed by atoms with van der Waals surface area (Å²) in [6, 6.07) is 10.9. The Morgan fingerprint density at radius 3 is 2.62 bits per heavy atom. The zero-order valence-electron chi connectivity index (χ0n) is 17.4. The first-order valence-corrected chi connectivity index (χ1v) is 10.8. The molecule has 3 heterocycles. The molecule has 0 spiro atoms. The quantitative estimate of drug-likeness (QED) is 0.467. The molecular formula is C25H29N3O. The molecule has 0 bridgehead atoms. The molecule has 0 saturated carbocycles. The maximum atomic E-state index is 6.17. The molecule has 0 radical (unpaired) electrons. The van der Waals surface area contributed by atoms with Crippen LogP contribution in [0.1, 0.15) is 31.2 Å². The Labute approximate surface area is 172 Å². The largest absolute Gasteiger partial charge is 0.492 e. The lowest BCUT2D eigenvalue weighted by Crippen LogP contribution is -2.29. The zero-order valence-corrected chi connectivity index (χ0v) is 17.4. The number of fused-ring (bicyclic) bond motifs is 4. The smallest absolute Gasteiger partial charge is 0.120 e. The molecule has 1 aliphatic rings. The first kappa shape index (κ1) is 18.4. The van der Waals surface area contributed by atoms with Crippen molar-refractivity contribution < 1.29 is 4.74 Å². The summed E-state index contributed by atoms with van der Waals surface area (Å²) >= 11 is 0. The molecule has 0 amide bonds. The van der Waals surface area contributed by atoms with Crippen LogP contribution in [0.3, 0.4) is 0 Å². The minimum Gasteiger partial charge on any atom is -0.492 e. The van der Waals surface area contributed by atoms with Gasteiger partial charge in [0, 0.05) is 47.7 Å². The minimum atomic E-state index is 0.752. The van der Waals surface area contributed by atoms with Gasteiger partial charge in [-0.05, 0) is 74.1 Å². The monoisotopic (exact) mass is 387 g/mol. The molecule has 2 aromatic heterocycles. The Morgan fingerprint density at radius 2 is 1.79 bits per heavy atom. The number of hydrogen-bond acceptors (Lipinski definition) is 3. The molecule has 0 N–H and O–H groups in total. The van der Waals surface area contributed by atoms with Crippen LogP contribution >= 0.6 is 0 Å². The maximum Gasteiger partial charge on any atom is 0.120 e. The summed E-state index contributed by atoms with van der Waals surface area (Å²) in [6.07, 6.45) is 9.23. The Balaban J connectivity index is 1.47. The number of pyridine rings is 1. The van der Waals surface area contributed by atoms with Crippen LogP contribution in [-0.4, -0.2) is 40.7 Å². The van der Waals surface area contributed by atoms with Crippen molar-refractivity contribution in [1.82, 2.24) is 14.5 Å². The number of benzene rings is 2. The Morgan fingerprint density at radius 1 is 0.966 bits per heavy atom. The van der Waals surface area contributed by atoms with E-state index in [0.29, 0.717) is 0 Å². The third-order valence-electron chi connectivity index (χ3n) is 6.50. The molecule has 0 atom stereocenters. The van der Waals surface area contributed by atoms with E-state index < -0.39 is 0 Å². The first-order chi connectivity index (χ1) is 14.2. The molecule has 0 aliphatic carbocycles. The molecule has 4 aromatic rings. The van der Waals surface area contributed by atoms with E-state index >= 15 is 0 Å². The van der Waals surface area contributed by atoms with Gasteiger partial charge in [0.2, 0.25) is 0 Å². The van der Waals surface area contributed by atoms with Crippen LogP contribution in [0.15, 0.2) is 42.7 Å². The van der Waals surface area contributed by atoms with Gasteiger partial charge in [-0.25, -0.2) is 0 Å². The van der Waals surface area contributed by atoms with Gasteiger partial charge in [0.15, 0.2) is 0 Å². The average molecular weight is 388 g/mol. The SMILES string of the molecule is Cc1c2ccncc2cc2c3cc(OCCN4CCCCCC4)ccc3n(C)c12. The predicted molar refractivity (Wildman–Crippen MR) is 121 cm³/mol. The van der Waals surface area contributed by atoms with Gasteiger partial charge in [-0.1, -0.05) is 12.8 Å². The van der Waals surface area contributed by atoms with Gasteiger partial charge >= 0.3 is 0 Å². The summed E-state index contributed by atoms with van der Waals surface area (Å²) in [5.41, 5.74) is 3.84. The van der Waals surface area contributed by atoms with Crippen molar-refractivity contribution in [3.63, 3.8) is 0 Å². The fourth-order valence-corrected chi connectivity index (χ4v) is 4.94. The fourth-order valence-electron chi connectivity index (χ4n) is 4.94. The summed E-state index contributed by atoms with van der Waals surface area (Å²) in [5.74, 6) is 0.962. The highest BCUT2D eigenvalue weighted by molar-refractivity contribution is 6.14. The van der Waals surface area contributed by atoms with Crippen molar-refractivity contribution in [2.75, 3.05) is 26.2 Å². The lowest BCUT2D eigenvalue weighted by atomic mass is 10.0. The second-order valence-corrected chi connectivity index (χ2v) is 8.34. The number of aryl methyl sites for hydroxylation is 2. The van der Waals surface area contributed by atoms with Crippen LogP contribution in [0, 0.1) is 6.92 Å². The van der Waals surface area contributed by atoms with E-state index in [1.54, 1.807) is 0 Å². The van der Waals surface area contributed by atoms with Gasteiger partial charge in [-0.15, -0.1) is 0 Å². The Kier molecular flexibility index (Phi) is 4.88. The molecule has 150 valence electrons. The lowest BCUT2D eigenvalue weighted by molar-refractivity contribution is 0.214. The van der Waals surface area contributed by atoms with Crippen LogP contribution in [0.2, 0.25) is 0 Å². The highest BCUT2D eigenvalue weighted by atomic mass is 16.5. The van der Waals surface area contributed by atoms with E-state index in [9.17, 15) is 0 Å². The van der Waals surface area contributed by atoms with E-state index in [1.165, 1.54) is 76.9 Å². The third-order valence-corrected chi connectivity index (χ3v) is 6.50. The first-order valence-electron chi connectivity index (χ1n) is 10.8. The van der Waals surface area contributed by atoms with Gasteiger partial charge in [0.1, 0.15) is 12.4 Å². The van der Waals surface area contributed by atoms with E-state index in [0.717, 1.165) is 18.9 Å². The minimum absolute atomic E-state index is 0.752. The van der Waals surface area contributed by atoms with E-state index in [-0.39, 0.29) is 0 Å². The van der Waals surface area contributed by atoms with Crippen molar-refractivity contribution in [1.29, 1.82) is 0 Å². The second-order valence-electron chi connectivity index (χ2n) is 8.34. The predicted octanol–water partition coefficient (Wildman–Crippen LogP) is 5.44. The number of likely N-dealkylation sites (tertiary alicyclic amines) is 1. The van der Waals surface area contributed by atoms with E-state index in [1.807, 2.05) is 12.4 Å². The molecule has 4 nitrogen and oxygen atoms in total. The standard InChI is InChI=1S/C25H29N3O/c1-18-21-9-10-26-17-19(21)15-23-22-16-20(7-8-24(22)27(2)25(18)23)29-14-13-28-11-5-3-4-6-12-28/h7-10,15-17H,3-6,11-14H2,1-2H3. The maximum absolute atomic E-state index is 6.17. The normalized spacial score (nSPS) is 15.9. The van der Waals surface area contributed by atoms with Crippen molar-refractivity contribution in [2.45, 2.75) is 32.6 Å². The number of ether oxygens (including phenoxy) is 1. The van der Waals surface area contributed by atoms with Crippen LogP contribution in [-0.2, 0) is 7.05 Å². The van der Waals surface area contributed by atoms with E-state index in [2.05, 4.69) is 58.8 Å². The van der Waals surface area contributed by atoms with Crippen LogP contribution < -0.4 is 4.74 Å². The van der Waals surface area contributed by atoms with Crippen molar-refractivity contribution in [2.24, 2.45) is 7.05 Å². The summed E-state index contributed by atoms with van der Waals surface area (Å²) in [4.78, 5) is 6.87. The summed E-state index contributed by atoms with van der Waals surface area (Å²) in [7, 11) is 2.16. The molecule has 5 rings (SSSR count). The Hall–Kier alpha value is -2.59. The molecule has 1 saturated heterocycles. The molecule has 1 aliphatic heterocycles. The van der Waals surface area contributed by atoms with Crippen LogP contribution in [0.25, 0.3) is 32.6 Å². The fraction of sp³-hybridized carbons (Fsp3) is 0.400. The van der Waals surface area contributed by atoms with Gasteiger partial charge in [-0.3, -0.25) is 9.88 Å². The van der Waals surface area contributed by atoms with Crippen LogP contribution in [0.5, 0.6) is 5.75 Å². The molecule has 1 fully saturated rings. The number of aromatic nitrogens is 2. The van der Waals surface area contributed by atoms with Crippen LogP contribution in [0.4, 0.5) is 0 Å². The Bertz CT molecular complexity index is 1170. The van der Waals surface area contributed by atoms with Gasteiger partial charge in [0.05, 0.1) is 5.52 Å². The number of rotatable bonds is 4. The van der Waals surface area contributed by atoms with Crippen molar-refractivity contribution in [3.8, 4) is 5.75 Å². The molecular weight excluding hydrogens is 358 g/mol. The highest BCUT2D eigenvalue weighted by Crippen LogP contribution is 2.36. The molecule has 0 unspecified atom stereocenters. The van der Waals surface area contributed by atoms with Crippen molar-refractivity contribution in [3.05, 3.63) is 48.3 Å². The second kappa shape index (κ2) is 7.68. The van der Waals surface area contributed by atoms with E-state index in [4.69, 9.17) is 4.74 Å². The lowest BCUT2D eigenvalue weighted by Gasteiger charge is -2.19. The third kappa shape index (κ3) is 3.36. The average Bonchev–Trinajstić information content (AvgIpc) is 2.90. The highest BCUT2D eigenvalue weighted by Gasteiger charge is 2.14. The molecule has 29 heavy (non-hydrogen) atoms. The van der Waals surface area contributed by atoms with Gasteiger partial charge in [0.25, 0.3) is 0 Å². The molecule has 2 aromatic carbocycles. The number of nitrogens with zero attached hydrogens (tertiary/aromatic N) is 3. The van der Waals surface area contributed by atoms with Gasteiger partial charge in [-0.2, -0.15) is 0 Å². The zero-order chi connectivity index (χ0) is 19.8. The topological polar surface area (TPSA) is 30.3 Å². The van der Waals surface area contributed by atoms with Gasteiger partial charge < -0.3 is 9.30 Å². The summed E-state index contributed by atoms with van der Waals surface area (Å²) in [6.45, 7) is 6.41. The summed E-state index contributed by atoms with van der Waals surface area (Å²) < 4.78 is 8.48. The number of hydrogen-bond donors (Lipinski definition) is 0. The molecule has 4 heteroatoms. The van der Waals surface area contributed by atoms with Crippen molar-refractivity contribution >= 4 is 32.6 Å². The summed E-state index contributed by atoms with van der Waals surface area (Å²) in [5, 5.41) is 4.99.